The van der Waals surface area contributed by atoms with Gasteiger partial charge in [-0.05, 0) is 6.42 Å². The lowest BCUT2D eigenvalue weighted by molar-refractivity contribution is -0.125. The van der Waals surface area contributed by atoms with Gasteiger partial charge in [-0.15, -0.1) is 0 Å². The molecule has 17 heavy (non-hydrogen) atoms. The highest BCUT2D eigenvalue weighted by molar-refractivity contribution is 4.92. The highest BCUT2D eigenvalue weighted by atomic mass is 19.3. The molecule has 0 unspecified atom stereocenters. The van der Waals surface area contributed by atoms with Gasteiger partial charge in [-0.25, -0.2) is 13.8 Å². The molecule has 0 fully saturated rings. The summed E-state index contributed by atoms with van der Waals surface area (Å²) in [5, 5.41) is 2.29. The van der Waals surface area contributed by atoms with Gasteiger partial charge in [0.2, 0.25) is 0 Å². The number of nitrogens with one attached hydrogen (secondary N) is 1. The zero-order valence-electron chi connectivity index (χ0n) is 9.47. The molecule has 1 rings (SSSR count). The summed E-state index contributed by atoms with van der Waals surface area (Å²) >= 11 is 0. The molecule has 3 nitrogen and oxygen atoms in total. The molecule has 7 heteroatoms. The van der Waals surface area contributed by atoms with E-state index in [1.54, 1.807) is 17.0 Å². The standard InChI is InChI=1S/C10H15F4N3/c1-2-4-17-5-3-16-8(17)6-15-7-10(13,14)9(11)12/h3,5,9,15H,2,4,6-7H2,1H3. The number of rotatable bonds is 7. The molecule has 1 aromatic heterocycles. The molecule has 0 spiro atoms. The number of halogens is 4. The van der Waals surface area contributed by atoms with Gasteiger partial charge in [-0.2, -0.15) is 8.78 Å². The Morgan fingerprint density at radius 3 is 2.76 bits per heavy atom. The van der Waals surface area contributed by atoms with Crippen LogP contribution in [0.1, 0.15) is 19.2 Å². The Labute approximate surface area is 96.8 Å². The molecule has 0 radical (unpaired) electrons. The first-order valence-corrected chi connectivity index (χ1v) is 5.34. The molecular formula is C10H15F4N3. The van der Waals surface area contributed by atoms with E-state index in [-0.39, 0.29) is 6.54 Å². The van der Waals surface area contributed by atoms with Crippen LogP contribution in [0.2, 0.25) is 0 Å². The average Bonchev–Trinajstić information content (AvgIpc) is 2.66. The first-order chi connectivity index (χ1) is 7.97. The third-order valence-corrected chi connectivity index (χ3v) is 2.23. The second-order valence-electron chi connectivity index (χ2n) is 3.70. The molecule has 0 atom stereocenters. The van der Waals surface area contributed by atoms with E-state index in [0.717, 1.165) is 13.0 Å². The number of aromatic nitrogens is 2. The Bertz CT molecular complexity index is 338. The second kappa shape index (κ2) is 6.00. The Balaban J connectivity index is 2.43. The van der Waals surface area contributed by atoms with E-state index in [9.17, 15) is 17.6 Å². The maximum atomic E-state index is 12.6. The van der Waals surface area contributed by atoms with Crippen LogP contribution >= 0.6 is 0 Å². The molecule has 0 saturated carbocycles. The van der Waals surface area contributed by atoms with E-state index in [4.69, 9.17) is 0 Å². The summed E-state index contributed by atoms with van der Waals surface area (Å²) in [5.41, 5.74) is 0. The van der Waals surface area contributed by atoms with Crippen molar-refractivity contribution in [2.24, 2.45) is 0 Å². The quantitative estimate of drug-likeness (QED) is 0.755. The maximum absolute atomic E-state index is 12.6. The van der Waals surface area contributed by atoms with Crippen molar-refractivity contribution >= 4 is 0 Å². The second-order valence-corrected chi connectivity index (χ2v) is 3.70. The number of alkyl halides is 4. The molecular weight excluding hydrogens is 238 g/mol. The van der Waals surface area contributed by atoms with E-state index in [1.807, 2.05) is 6.92 Å². The van der Waals surface area contributed by atoms with Crippen LogP contribution in [0, 0.1) is 0 Å². The normalized spacial score (nSPS) is 12.4. The minimum atomic E-state index is -4.00. The Morgan fingerprint density at radius 2 is 2.18 bits per heavy atom. The van der Waals surface area contributed by atoms with Crippen molar-refractivity contribution in [2.45, 2.75) is 38.8 Å². The van der Waals surface area contributed by atoms with Gasteiger partial charge in [0, 0.05) is 18.9 Å². The summed E-state index contributed by atoms with van der Waals surface area (Å²) in [6, 6.07) is 0. The van der Waals surface area contributed by atoms with Crippen LogP contribution in [0.15, 0.2) is 12.4 Å². The third kappa shape index (κ3) is 3.99. The molecule has 0 aliphatic heterocycles. The van der Waals surface area contributed by atoms with Crippen molar-refractivity contribution in [3.63, 3.8) is 0 Å². The fourth-order valence-electron chi connectivity index (χ4n) is 1.37. The van der Waals surface area contributed by atoms with Crippen LogP contribution in [0.3, 0.4) is 0 Å². The van der Waals surface area contributed by atoms with Crippen molar-refractivity contribution in [3.05, 3.63) is 18.2 Å². The average molecular weight is 253 g/mol. The fourth-order valence-corrected chi connectivity index (χ4v) is 1.37. The molecule has 0 bridgehead atoms. The van der Waals surface area contributed by atoms with Gasteiger partial charge in [-0.3, -0.25) is 0 Å². The van der Waals surface area contributed by atoms with Gasteiger partial charge < -0.3 is 9.88 Å². The monoisotopic (exact) mass is 253 g/mol. The summed E-state index contributed by atoms with van der Waals surface area (Å²) in [6.45, 7) is 1.70. The predicted molar refractivity (Wildman–Crippen MR) is 55.2 cm³/mol. The zero-order chi connectivity index (χ0) is 12.9. The van der Waals surface area contributed by atoms with Gasteiger partial charge in [0.1, 0.15) is 5.82 Å². The third-order valence-electron chi connectivity index (χ3n) is 2.23. The number of aryl methyl sites for hydroxylation is 1. The van der Waals surface area contributed by atoms with E-state index in [0.29, 0.717) is 5.82 Å². The topological polar surface area (TPSA) is 29.9 Å². The summed E-state index contributed by atoms with van der Waals surface area (Å²) in [5.74, 6) is -3.43. The van der Waals surface area contributed by atoms with Crippen molar-refractivity contribution in [2.75, 3.05) is 6.54 Å². The maximum Gasteiger partial charge on any atom is 0.319 e. The lowest BCUT2D eigenvalue weighted by Gasteiger charge is -2.15. The number of hydrogen-bond acceptors (Lipinski definition) is 2. The SMILES string of the molecule is CCCn1ccnc1CNCC(F)(F)C(F)F. The molecule has 0 saturated heterocycles. The van der Waals surface area contributed by atoms with Crippen LogP contribution in [0.5, 0.6) is 0 Å². The Morgan fingerprint density at radius 1 is 1.47 bits per heavy atom. The predicted octanol–water partition coefficient (Wildman–Crippen LogP) is 2.28. The highest BCUT2D eigenvalue weighted by Crippen LogP contribution is 2.21. The summed E-state index contributed by atoms with van der Waals surface area (Å²) in [7, 11) is 0. The van der Waals surface area contributed by atoms with Crippen LogP contribution in [0.25, 0.3) is 0 Å². The van der Waals surface area contributed by atoms with Crippen molar-refractivity contribution < 1.29 is 17.6 Å². The number of hydrogen-bond donors (Lipinski definition) is 1. The van der Waals surface area contributed by atoms with Crippen LogP contribution < -0.4 is 5.32 Å². The number of nitrogens with zero attached hydrogens (tertiary/aromatic N) is 2. The minimum Gasteiger partial charge on any atom is -0.334 e. The van der Waals surface area contributed by atoms with Gasteiger partial charge >= 0.3 is 12.3 Å². The highest BCUT2D eigenvalue weighted by Gasteiger charge is 2.40. The summed E-state index contributed by atoms with van der Waals surface area (Å²) < 4.78 is 50.7. The van der Waals surface area contributed by atoms with E-state index in [1.165, 1.54) is 0 Å². The van der Waals surface area contributed by atoms with E-state index in [2.05, 4.69) is 10.3 Å². The first kappa shape index (κ1) is 14.0. The molecule has 1 heterocycles. The smallest absolute Gasteiger partial charge is 0.319 e. The lowest BCUT2D eigenvalue weighted by atomic mass is 10.3. The summed E-state index contributed by atoms with van der Waals surface area (Å²) in [4.78, 5) is 3.97. The fraction of sp³-hybridized carbons (Fsp3) is 0.700. The van der Waals surface area contributed by atoms with Gasteiger partial charge in [-0.1, -0.05) is 6.92 Å². The van der Waals surface area contributed by atoms with Crippen molar-refractivity contribution in [1.82, 2.24) is 14.9 Å². The molecule has 1 aromatic rings. The Hall–Kier alpha value is -1.11. The molecule has 0 aliphatic carbocycles. The molecule has 0 amide bonds. The molecule has 0 aliphatic rings. The summed E-state index contributed by atoms with van der Waals surface area (Å²) in [6.07, 6.45) is 0.519. The van der Waals surface area contributed by atoms with E-state index >= 15 is 0 Å². The Kier molecular flexibility index (Phi) is 4.92. The van der Waals surface area contributed by atoms with Crippen LogP contribution in [0.4, 0.5) is 17.6 Å². The largest absolute Gasteiger partial charge is 0.334 e. The van der Waals surface area contributed by atoms with Gasteiger partial charge in [0.05, 0.1) is 13.1 Å². The van der Waals surface area contributed by atoms with E-state index < -0.39 is 18.9 Å². The lowest BCUT2D eigenvalue weighted by Crippen LogP contribution is -2.38. The van der Waals surface area contributed by atoms with Gasteiger partial charge in [0.25, 0.3) is 0 Å². The van der Waals surface area contributed by atoms with Gasteiger partial charge in [0.15, 0.2) is 0 Å². The van der Waals surface area contributed by atoms with Crippen LogP contribution in [-0.4, -0.2) is 28.4 Å². The molecule has 1 N–H and O–H groups in total. The first-order valence-electron chi connectivity index (χ1n) is 5.34. The molecule has 0 aromatic carbocycles. The van der Waals surface area contributed by atoms with Crippen LogP contribution in [-0.2, 0) is 13.1 Å². The minimum absolute atomic E-state index is 0.0509. The van der Waals surface area contributed by atoms with Crippen molar-refractivity contribution in [3.8, 4) is 0 Å². The van der Waals surface area contributed by atoms with Crippen molar-refractivity contribution in [1.29, 1.82) is 0 Å². The molecule has 98 valence electrons. The number of imidazole rings is 1. The zero-order valence-corrected chi connectivity index (χ0v) is 9.47.